The zero-order valence-corrected chi connectivity index (χ0v) is 9.60. The molecule has 0 spiro atoms. The van der Waals surface area contributed by atoms with Crippen molar-refractivity contribution in [3.05, 3.63) is 47.5 Å². The molecule has 2 aromatic rings. The smallest absolute Gasteiger partial charge is 0.404 e. The molecule has 1 amide bonds. The summed E-state index contributed by atoms with van der Waals surface area (Å²) in [5, 5.41) is 20.3. The Kier molecular flexibility index (Phi) is 3.14. The summed E-state index contributed by atoms with van der Waals surface area (Å²) in [5.41, 5.74) is 6.94. The number of benzene rings is 2. The minimum absolute atomic E-state index is 0.00195. The predicted molar refractivity (Wildman–Crippen MR) is 69.8 cm³/mol. The summed E-state index contributed by atoms with van der Waals surface area (Å²) < 4.78 is 0. The van der Waals surface area contributed by atoms with Gasteiger partial charge in [0.15, 0.2) is 0 Å². The maximum Gasteiger partial charge on any atom is 0.404 e. The van der Waals surface area contributed by atoms with Crippen LogP contribution < -0.4 is 11.1 Å². The van der Waals surface area contributed by atoms with Gasteiger partial charge in [0.2, 0.25) is 0 Å². The van der Waals surface area contributed by atoms with Crippen LogP contribution in [0.3, 0.4) is 0 Å². The normalized spacial score (nSPS) is 10.2. The zero-order chi connectivity index (χ0) is 13.1. The average Bonchev–Trinajstić information content (AvgIpc) is 2.35. The number of nitrogens with two attached hydrogens (primary N) is 1. The first-order valence-electron chi connectivity index (χ1n) is 5.41. The van der Waals surface area contributed by atoms with Crippen LogP contribution in [0, 0.1) is 5.41 Å². The van der Waals surface area contributed by atoms with Crippen molar-refractivity contribution in [3.63, 3.8) is 0 Å². The van der Waals surface area contributed by atoms with Crippen molar-refractivity contribution in [2.45, 2.75) is 6.54 Å². The Hall–Kier alpha value is -2.56. The molecule has 2 rings (SSSR count). The molecule has 5 nitrogen and oxygen atoms in total. The fraction of sp³-hybridized carbons (Fsp3) is 0.0769. The maximum atomic E-state index is 10.5. The molecule has 5 N–H and O–H groups in total. The molecule has 18 heavy (non-hydrogen) atoms. The minimum Gasteiger partial charge on any atom is -0.465 e. The van der Waals surface area contributed by atoms with Crippen molar-refractivity contribution in [2.24, 2.45) is 5.73 Å². The number of nitrogens with one attached hydrogen (secondary N) is 2. The molecule has 0 aliphatic carbocycles. The predicted octanol–water partition coefficient (Wildman–Crippen LogP) is 1.89. The number of carboxylic acid groups (broad SMARTS) is 1. The molecular weight excluding hydrogens is 230 g/mol. The van der Waals surface area contributed by atoms with Gasteiger partial charge in [-0.2, -0.15) is 0 Å². The highest BCUT2D eigenvalue weighted by Crippen LogP contribution is 2.20. The molecule has 0 saturated carbocycles. The van der Waals surface area contributed by atoms with Gasteiger partial charge in [0.05, 0.1) is 0 Å². The molecule has 0 aromatic heterocycles. The Labute approximate surface area is 104 Å². The van der Waals surface area contributed by atoms with Gasteiger partial charge in [-0.3, -0.25) is 5.41 Å². The summed E-state index contributed by atoms with van der Waals surface area (Å²) in [6.07, 6.45) is -1.06. The van der Waals surface area contributed by atoms with E-state index < -0.39 is 6.09 Å². The lowest BCUT2D eigenvalue weighted by atomic mass is 10.0. The number of amides is 1. The van der Waals surface area contributed by atoms with E-state index in [1.807, 2.05) is 24.3 Å². The number of hydrogen-bond donors (Lipinski definition) is 4. The van der Waals surface area contributed by atoms with Gasteiger partial charge < -0.3 is 16.2 Å². The molecule has 0 heterocycles. The van der Waals surface area contributed by atoms with Gasteiger partial charge in [-0.25, -0.2) is 4.79 Å². The fourth-order valence-electron chi connectivity index (χ4n) is 1.83. The van der Waals surface area contributed by atoms with Crippen LogP contribution in [0.15, 0.2) is 36.4 Å². The highest BCUT2D eigenvalue weighted by atomic mass is 16.4. The van der Waals surface area contributed by atoms with E-state index in [-0.39, 0.29) is 12.4 Å². The molecule has 0 fully saturated rings. The first kappa shape index (κ1) is 11.9. The SMILES string of the molecule is N=C(N)c1ccc2cccc(CNC(=O)O)c2c1. The second kappa shape index (κ2) is 4.75. The monoisotopic (exact) mass is 243 g/mol. The van der Waals surface area contributed by atoms with E-state index in [0.717, 1.165) is 16.3 Å². The first-order chi connectivity index (χ1) is 8.58. The van der Waals surface area contributed by atoms with Crippen LogP contribution >= 0.6 is 0 Å². The van der Waals surface area contributed by atoms with Crippen LogP contribution in [0.25, 0.3) is 10.8 Å². The summed E-state index contributed by atoms with van der Waals surface area (Å²) in [6, 6.07) is 11.1. The van der Waals surface area contributed by atoms with E-state index in [1.54, 1.807) is 12.1 Å². The van der Waals surface area contributed by atoms with E-state index >= 15 is 0 Å². The Morgan fingerprint density at radius 3 is 2.78 bits per heavy atom. The van der Waals surface area contributed by atoms with Gasteiger partial charge in [-0.1, -0.05) is 30.3 Å². The Bertz CT molecular complexity index is 623. The standard InChI is InChI=1S/C13H13N3O2/c14-12(15)9-5-4-8-2-1-3-10(11(8)6-9)7-16-13(17)18/h1-6,16H,7H2,(H3,14,15)(H,17,18). The van der Waals surface area contributed by atoms with Crippen LogP contribution in [0.5, 0.6) is 0 Å². The lowest BCUT2D eigenvalue weighted by molar-refractivity contribution is 0.194. The molecule has 2 aromatic carbocycles. The Morgan fingerprint density at radius 1 is 1.33 bits per heavy atom. The zero-order valence-electron chi connectivity index (χ0n) is 9.60. The second-order valence-corrected chi connectivity index (χ2v) is 3.93. The lowest BCUT2D eigenvalue weighted by Gasteiger charge is -2.08. The van der Waals surface area contributed by atoms with Crippen molar-refractivity contribution in [2.75, 3.05) is 0 Å². The van der Waals surface area contributed by atoms with Gasteiger partial charge in [0.25, 0.3) is 0 Å². The lowest BCUT2D eigenvalue weighted by Crippen LogP contribution is -2.20. The summed E-state index contributed by atoms with van der Waals surface area (Å²) in [4.78, 5) is 10.5. The third-order valence-electron chi connectivity index (χ3n) is 2.71. The second-order valence-electron chi connectivity index (χ2n) is 3.93. The summed E-state index contributed by atoms with van der Waals surface area (Å²) in [6.45, 7) is 0.230. The molecule has 0 unspecified atom stereocenters. The minimum atomic E-state index is -1.06. The number of rotatable bonds is 3. The summed E-state index contributed by atoms with van der Waals surface area (Å²) >= 11 is 0. The summed E-state index contributed by atoms with van der Waals surface area (Å²) in [5.74, 6) is -0.00195. The van der Waals surface area contributed by atoms with Crippen molar-refractivity contribution in [1.29, 1.82) is 5.41 Å². The average molecular weight is 243 g/mol. The molecule has 0 radical (unpaired) electrons. The van der Waals surface area contributed by atoms with Crippen LogP contribution in [0.4, 0.5) is 4.79 Å². The first-order valence-corrected chi connectivity index (χ1v) is 5.41. The molecule has 5 heteroatoms. The van der Waals surface area contributed by atoms with Crippen LogP contribution in [-0.2, 0) is 6.54 Å². The molecule has 0 bridgehead atoms. The molecule has 0 saturated heterocycles. The maximum absolute atomic E-state index is 10.5. The highest BCUT2D eigenvalue weighted by Gasteiger charge is 2.04. The van der Waals surface area contributed by atoms with E-state index in [9.17, 15) is 4.79 Å². The third-order valence-corrected chi connectivity index (χ3v) is 2.71. The Balaban J connectivity index is 2.48. The van der Waals surface area contributed by atoms with E-state index in [2.05, 4.69) is 5.32 Å². The van der Waals surface area contributed by atoms with Crippen molar-refractivity contribution < 1.29 is 9.90 Å². The number of fused-ring (bicyclic) bond motifs is 1. The summed E-state index contributed by atoms with van der Waals surface area (Å²) in [7, 11) is 0. The number of hydrogen-bond acceptors (Lipinski definition) is 2. The quantitative estimate of drug-likeness (QED) is 0.489. The number of carbonyl (C=O) groups is 1. The Morgan fingerprint density at radius 2 is 2.11 bits per heavy atom. The number of nitrogen functional groups attached to an aromatic ring is 1. The van der Waals surface area contributed by atoms with E-state index in [1.165, 1.54) is 0 Å². The van der Waals surface area contributed by atoms with Gasteiger partial charge >= 0.3 is 6.09 Å². The third kappa shape index (κ3) is 2.40. The molecule has 0 aliphatic heterocycles. The fourth-order valence-corrected chi connectivity index (χ4v) is 1.83. The van der Waals surface area contributed by atoms with E-state index in [4.69, 9.17) is 16.2 Å². The molecule has 0 atom stereocenters. The van der Waals surface area contributed by atoms with E-state index in [0.29, 0.717) is 5.56 Å². The van der Waals surface area contributed by atoms with Gasteiger partial charge in [-0.15, -0.1) is 0 Å². The van der Waals surface area contributed by atoms with Crippen LogP contribution in [0.2, 0.25) is 0 Å². The molecule has 92 valence electrons. The highest BCUT2D eigenvalue weighted by molar-refractivity contribution is 5.99. The van der Waals surface area contributed by atoms with Crippen molar-refractivity contribution in [1.82, 2.24) is 5.32 Å². The number of amidine groups is 1. The van der Waals surface area contributed by atoms with Crippen molar-refractivity contribution >= 4 is 22.7 Å². The van der Waals surface area contributed by atoms with Crippen molar-refractivity contribution in [3.8, 4) is 0 Å². The molecule has 0 aliphatic rings. The van der Waals surface area contributed by atoms with Gasteiger partial charge in [-0.05, 0) is 22.4 Å². The molecular formula is C13H13N3O2. The van der Waals surface area contributed by atoms with Gasteiger partial charge in [0.1, 0.15) is 5.84 Å². The largest absolute Gasteiger partial charge is 0.465 e. The van der Waals surface area contributed by atoms with Crippen LogP contribution in [0.1, 0.15) is 11.1 Å². The van der Waals surface area contributed by atoms with Gasteiger partial charge in [0, 0.05) is 12.1 Å². The van der Waals surface area contributed by atoms with Crippen LogP contribution in [-0.4, -0.2) is 17.0 Å². The topological polar surface area (TPSA) is 99.2 Å².